The van der Waals surface area contributed by atoms with Crippen molar-refractivity contribution in [3.8, 4) is 0 Å². The van der Waals surface area contributed by atoms with Gasteiger partial charge < -0.3 is 9.84 Å². The first-order chi connectivity index (χ1) is 8.89. The SMILES string of the molecule is COCCN(C)S(=O)(=O)N1CCCCC1CC(=O)O. The normalized spacial score (nSPS) is 21.7. The van der Waals surface area contributed by atoms with Crippen molar-refractivity contribution in [2.75, 3.05) is 33.9 Å². The summed E-state index contributed by atoms with van der Waals surface area (Å²) >= 11 is 0. The molecule has 1 aliphatic heterocycles. The summed E-state index contributed by atoms with van der Waals surface area (Å²) in [7, 11) is -0.610. The molecule has 1 heterocycles. The van der Waals surface area contributed by atoms with Gasteiger partial charge in [0.1, 0.15) is 0 Å². The Kier molecular flexibility index (Phi) is 6.18. The van der Waals surface area contributed by atoms with Gasteiger partial charge in [-0.15, -0.1) is 0 Å². The second kappa shape index (κ2) is 7.18. The van der Waals surface area contributed by atoms with E-state index in [1.165, 1.54) is 22.8 Å². The molecule has 0 aliphatic carbocycles. The number of methoxy groups -OCH3 is 1. The molecule has 1 saturated heterocycles. The minimum Gasteiger partial charge on any atom is -0.481 e. The molecule has 7 nitrogen and oxygen atoms in total. The summed E-state index contributed by atoms with van der Waals surface area (Å²) in [4.78, 5) is 10.8. The van der Waals surface area contributed by atoms with E-state index in [9.17, 15) is 13.2 Å². The molecule has 0 amide bonds. The van der Waals surface area contributed by atoms with Crippen molar-refractivity contribution in [3.63, 3.8) is 0 Å². The van der Waals surface area contributed by atoms with E-state index >= 15 is 0 Å². The van der Waals surface area contributed by atoms with Crippen molar-refractivity contribution >= 4 is 16.2 Å². The van der Waals surface area contributed by atoms with Crippen molar-refractivity contribution in [1.82, 2.24) is 8.61 Å². The molecule has 1 unspecified atom stereocenters. The Hall–Kier alpha value is -0.700. The molecule has 0 aromatic carbocycles. The van der Waals surface area contributed by atoms with E-state index < -0.39 is 22.2 Å². The number of ether oxygens (including phenoxy) is 1. The lowest BCUT2D eigenvalue weighted by Crippen LogP contribution is -2.50. The molecule has 1 fully saturated rings. The highest BCUT2D eigenvalue weighted by atomic mass is 32.2. The van der Waals surface area contributed by atoms with Crippen LogP contribution in [-0.4, -0.2) is 68.0 Å². The van der Waals surface area contributed by atoms with Gasteiger partial charge >= 0.3 is 5.97 Å². The minimum absolute atomic E-state index is 0.142. The average molecular weight is 294 g/mol. The van der Waals surface area contributed by atoms with Crippen LogP contribution in [0.25, 0.3) is 0 Å². The molecule has 0 spiro atoms. The number of nitrogens with zero attached hydrogens (tertiary/aromatic N) is 2. The van der Waals surface area contributed by atoms with Gasteiger partial charge in [-0.25, -0.2) is 0 Å². The second-order valence-electron chi connectivity index (χ2n) is 4.68. The van der Waals surface area contributed by atoms with Crippen LogP contribution in [0.4, 0.5) is 0 Å². The molecular weight excluding hydrogens is 272 g/mol. The van der Waals surface area contributed by atoms with Gasteiger partial charge in [-0.1, -0.05) is 6.42 Å². The van der Waals surface area contributed by atoms with Gasteiger partial charge in [0.05, 0.1) is 13.0 Å². The van der Waals surface area contributed by atoms with E-state index in [1.54, 1.807) is 0 Å². The number of aliphatic carboxylic acids is 1. The van der Waals surface area contributed by atoms with Gasteiger partial charge in [0, 0.05) is 33.3 Å². The van der Waals surface area contributed by atoms with Crippen molar-refractivity contribution in [2.45, 2.75) is 31.7 Å². The molecule has 0 saturated carbocycles. The van der Waals surface area contributed by atoms with Gasteiger partial charge in [-0.3, -0.25) is 4.79 Å². The highest BCUT2D eigenvalue weighted by Crippen LogP contribution is 2.24. The van der Waals surface area contributed by atoms with E-state index in [0.29, 0.717) is 19.6 Å². The number of hydrogen-bond donors (Lipinski definition) is 1. The zero-order valence-corrected chi connectivity index (χ0v) is 12.2. The largest absolute Gasteiger partial charge is 0.481 e. The summed E-state index contributed by atoms with van der Waals surface area (Å²) in [6.07, 6.45) is 2.10. The van der Waals surface area contributed by atoms with Crippen LogP contribution in [0.1, 0.15) is 25.7 Å². The van der Waals surface area contributed by atoms with Gasteiger partial charge in [0.15, 0.2) is 0 Å². The Balaban J connectivity index is 2.80. The lowest BCUT2D eigenvalue weighted by Gasteiger charge is -2.36. The number of carboxylic acid groups (broad SMARTS) is 1. The summed E-state index contributed by atoms with van der Waals surface area (Å²) < 4.78 is 32.2. The Morgan fingerprint density at radius 1 is 1.47 bits per heavy atom. The fraction of sp³-hybridized carbons (Fsp3) is 0.909. The lowest BCUT2D eigenvalue weighted by molar-refractivity contribution is -0.138. The summed E-state index contributed by atoms with van der Waals surface area (Å²) in [5.41, 5.74) is 0. The van der Waals surface area contributed by atoms with Crippen LogP contribution >= 0.6 is 0 Å². The predicted molar refractivity (Wildman–Crippen MR) is 70.0 cm³/mol. The first-order valence-electron chi connectivity index (χ1n) is 6.33. The van der Waals surface area contributed by atoms with Crippen LogP contribution in [-0.2, 0) is 19.7 Å². The van der Waals surface area contributed by atoms with Crippen molar-refractivity contribution in [2.24, 2.45) is 0 Å². The molecule has 19 heavy (non-hydrogen) atoms. The average Bonchev–Trinajstić information content (AvgIpc) is 2.35. The van der Waals surface area contributed by atoms with Crippen molar-refractivity contribution < 1.29 is 23.1 Å². The highest BCUT2D eigenvalue weighted by molar-refractivity contribution is 7.86. The topological polar surface area (TPSA) is 87.2 Å². The number of rotatable bonds is 7. The highest BCUT2D eigenvalue weighted by Gasteiger charge is 2.35. The Morgan fingerprint density at radius 3 is 2.74 bits per heavy atom. The number of carboxylic acids is 1. The third-order valence-electron chi connectivity index (χ3n) is 3.28. The van der Waals surface area contributed by atoms with Gasteiger partial charge in [-0.2, -0.15) is 17.0 Å². The summed E-state index contributed by atoms with van der Waals surface area (Å²) in [6, 6.07) is -0.443. The van der Waals surface area contributed by atoms with Gasteiger partial charge in [-0.05, 0) is 12.8 Å². The van der Waals surface area contributed by atoms with E-state index in [1.807, 2.05) is 0 Å². The van der Waals surface area contributed by atoms with Crippen LogP contribution in [0, 0.1) is 0 Å². The molecule has 1 N–H and O–H groups in total. The molecule has 8 heteroatoms. The van der Waals surface area contributed by atoms with Crippen molar-refractivity contribution in [1.29, 1.82) is 0 Å². The van der Waals surface area contributed by atoms with Crippen LogP contribution < -0.4 is 0 Å². The Morgan fingerprint density at radius 2 is 2.16 bits per heavy atom. The maximum Gasteiger partial charge on any atom is 0.304 e. The minimum atomic E-state index is -3.61. The summed E-state index contributed by atoms with van der Waals surface area (Å²) in [6.45, 7) is 0.958. The number of carbonyl (C=O) groups is 1. The zero-order valence-electron chi connectivity index (χ0n) is 11.4. The lowest BCUT2D eigenvalue weighted by atomic mass is 10.0. The van der Waals surface area contributed by atoms with E-state index in [4.69, 9.17) is 9.84 Å². The van der Waals surface area contributed by atoms with Crippen LogP contribution in [0.3, 0.4) is 0 Å². The third kappa shape index (κ3) is 4.41. The smallest absolute Gasteiger partial charge is 0.304 e. The molecular formula is C11H22N2O5S. The summed E-state index contributed by atoms with van der Waals surface area (Å²) in [5, 5.41) is 8.87. The molecule has 0 aromatic rings. The molecule has 0 aromatic heterocycles. The fourth-order valence-corrected chi connectivity index (χ4v) is 3.78. The Labute approximate surface area is 114 Å². The van der Waals surface area contributed by atoms with E-state index in [2.05, 4.69) is 0 Å². The summed E-state index contributed by atoms with van der Waals surface area (Å²) in [5.74, 6) is -0.966. The van der Waals surface area contributed by atoms with Crippen LogP contribution in [0.15, 0.2) is 0 Å². The maximum atomic E-state index is 12.4. The monoisotopic (exact) mass is 294 g/mol. The molecule has 1 rings (SSSR count). The van der Waals surface area contributed by atoms with Gasteiger partial charge in [0.2, 0.25) is 0 Å². The second-order valence-corrected chi connectivity index (χ2v) is 6.67. The quantitative estimate of drug-likeness (QED) is 0.721. The molecule has 0 radical (unpaired) electrons. The van der Waals surface area contributed by atoms with E-state index in [0.717, 1.165) is 12.8 Å². The first kappa shape index (κ1) is 16.4. The third-order valence-corrected chi connectivity index (χ3v) is 5.33. The van der Waals surface area contributed by atoms with Crippen LogP contribution in [0.2, 0.25) is 0 Å². The van der Waals surface area contributed by atoms with Crippen LogP contribution in [0.5, 0.6) is 0 Å². The molecule has 1 aliphatic rings. The van der Waals surface area contributed by atoms with E-state index in [-0.39, 0.29) is 13.0 Å². The maximum absolute atomic E-state index is 12.4. The zero-order chi connectivity index (χ0) is 14.5. The molecule has 0 bridgehead atoms. The fourth-order valence-electron chi connectivity index (χ4n) is 2.20. The molecule has 112 valence electrons. The standard InChI is InChI=1S/C11H22N2O5S/c1-12(7-8-18-2)19(16,17)13-6-4-3-5-10(13)9-11(14)15/h10H,3-9H2,1-2H3,(H,14,15). The predicted octanol–water partition coefficient (Wildman–Crippen LogP) is 0.139. The number of piperidine rings is 1. The van der Waals surface area contributed by atoms with Gasteiger partial charge in [0.25, 0.3) is 10.2 Å². The number of likely N-dealkylation sites (N-methyl/N-ethyl adjacent to an activating group) is 1. The first-order valence-corrected chi connectivity index (χ1v) is 7.73. The van der Waals surface area contributed by atoms with Crippen molar-refractivity contribution in [3.05, 3.63) is 0 Å². The molecule has 1 atom stereocenters. The number of hydrogen-bond acceptors (Lipinski definition) is 4. The Bertz CT molecular complexity index is 398.